The molecule has 0 radical (unpaired) electrons. The lowest BCUT2D eigenvalue weighted by atomic mass is 10.2. The van der Waals surface area contributed by atoms with E-state index in [0.717, 1.165) is 15.3 Å². The highest BCUT2D eigenvalue weighted by molar-refractivity contribution is 7.15. The summed E-state index contributed by atoms with van der Waals surface area (Å²) in [4.78, 5) is 32.1. The van der Waals surface area contributed by atoms with Gasteiger partial charge in [-0.1, -0.05) is 0 Å². The maximum atomic E-state index is 12.4. The number of carbonyl (C=O) groups excluding carboxylic acids is 1. The van der Waals surface area contributed by atoms with Crippen molar-refractivity contribution in [1.29, 1.82) is 0 Å². The average Bonchev–Trinajstić information content (AvgIpc) is 3.14. The van der Waals surface area contributed by atoms with Crippen LogP contribution in [0.4, 0.5) is 0 Å². The Labute approximate surface area is 142 Å². The van der Waals surface area contributed by atoms with Gasteiger partial charge in [0.25, 0.3) is 0 Å². The maximum absolute atomic E-state index is 12.4. The van der Waals surface area contributed by atoms with Crippen LogP contribution in [-0.4, -0.2) is 44.1 Å². The molecule has 126 valence electrons. The number of hydrogen-bond donors (Lipinski definition) is 1. The molecule has 0 bridgehead atoms. The van der Waals surface area contributed by atoms with E-state index >= 15 is 0 Å². The molecule has 0 fully saturated rings. The highest BCUT2D eigenvalue weighted by Crippen LogP contribution is 2.29. The normalized spacial score (nSPS) is 11.2. The van der Waals surface area contributed by atoms with Crippen LogP contribution < -0.4 is 5.69 Å². The Kier molecular flexibility index (Phi) is 4.25. The van der Waals surface area contributed by atoms with Crippen LogP contribution in [-0.2, 0) is 25.0 Å². The minimum absolute atomic E-state index is 0.00623. The number of amides is 1. The van der Waals surface area contributed by atoms with Crippen molar-refractivity contribution in [3.8, 4) is 10.4 Å². The molecule has 1 N–H and O–H groups in total. The minimum atomic E-state index is -0.271. The van der Waals surface area contributed by atoms with Crippen molar-refractivity contribution >= 4 is 28.4 Å². The summed E-state index contributed by atoms with van der Waals surface area (Å²) >= 11 is 1.47. The number of hydrogen-bond acceptors (Lipinski definition) is 5. The summed E-state index contributed by atoms with van der Waals surface area (Å²) in [6.07, 6.45) is 1.70. The van der Waals surface area contributed by atoms with Gasteiger partial charge in [-0.3, -0.25) is 13.9 Å². The Balaban J connectivity index is 2.13. The number of pyridine rings is 1. The van der Waals surface area contributed by atoms with Gasteiger partial charge in [0, 0.05) is 42.7 Å². The van der Waals surface area contributed by atoms with Gasteiger partial charge in [0.1, 0.15) is 6.54 Å². The van der Waals surface area contributed by atoms with E-state index in [0.29, 0.717) is 11.2 Å². The zero-order chi connectivity index (χ0) is 17.4. The molecule has 24 heavy (non-hydrogen) atoms. The van der Waals surface area contributed by atoms with Crippen LogP contribution in [0.1, 0.15) is 4.88 Å². The van der Waals surface area contributed by atoms with E-state index in [2.05, 4.69) is 4.98 Å². The van der Waals surface area contributed by atoms with Crippen LogP contribution in [0.3, 0.4) is 0 Å². The number of thiophene rings is 1. The molecule has 0 spiro atoms. The van der Waals surface area contributed by atoms with Crippen LogP contribution in [0, 0.1) is 0 Å². The predicted octanol–water partition coefficient (Wildman–Crippen LogP) is 1.04. The summed E-state index contributed by atoms with van der Waals surface area (Å²) in [7, 11) is 4.96. The van der Waals surface area contributed by atoms with Gasteiger partial charge in [-0.2, -0.15) is 0 Å². The largest absolute Gasteiger partial charge is 0.391 e. The zero-order valence-electron chi connectivity index (χ0n) is 13.7. The van der Waals surface area contributed by atoms with Crippen molar-refractivity contribution in [3.63, 3.8) is 0 Å². The number of aryl methyl sites for hydroxylation is 1. The zero-order valence-corrected chi connectivity index (χ0v) is 14.5. The number of carbonyl (C=O) groups is 1. The second-order valence-corrected chi connectivity index (χ2v) is 6.88. The lowest BCUT2D eigenvalue weighted by molar-refractivity contribution is -0.129. The Hall–Kier alpha value is -2.45. The third-order valence-corrected chi connectivity index (χ3v) is 4.99. The fourth-order valence-corrected chi connectivity index (χ4v) is 3.31. The van der Waals surface area contributed by atoms with Crippen molar-refractivity contribution in [1.82, 2.24) is 19.0 Å². The second-order valence-electron chi connectivity index (χ2n) is 5.71. The number of aliphatic hydroxyl groups is 1. The molecule has 3 aromatic heterocycles. The van der Waals surface area contributed by atoms with Crippen LogP contribution in [0.2, 0.25) is 0 Å². The first kappa shape index (κ1) is 16.4. The van der Waals surface area contributed by atoms with Crippen LogP contribution in [0.15, 0.2) is 29.2 Å². The van der Waals surface area contributed by atoms with E-state index in [-0.39, 0.29) is 24.7 Å². The molecule has 0 aliphatic heterocycles. The van der Waals surface area contributed by atoms with Crippen LogP contribution in [0.5, 0.6) is 0 Å². The standard InChI is InChI=1S/C16H18N4O3S/c1-18(2)14(22)8-20-12-6-10(13-5-4-11(9-21)24-13)7-17-15(12)19(3)16(20)23/h4-7,21H,8-9H2,1-3H3. The number of rotatable bonds is 4. The lowest BCUT2D eigenvalue weighted by Crippen LogP contribution is -2.31. The van der Waals surface area contributed by atoms with Crippen molar-refractivity contribution < 1.29 is 9.90 Å². The Morgan fingerprint density at radius 1 is 1.38 bits per heavy atom. The van der Waals surface area contributed by atoms with Crippen LogP contribution in [0.25, 0.3) is 21.6 Å². The molecule has 0 aliphatic carbocycles. The maximum Gasteiger partial charge on any atom is 0.330 e. The van der Waals surface area contributed by atoms with E-state index in [1.807, 2.05) is 18.2 Å². The summed E-state index contributed by atoms with van der Waals surface area (Å²) in [6.45, 7) is -0.0334. The third kappa shape index (κ3) is 2.74. The summed E-state index contributed by atoms with van der Waals surface area (Å²) in [5, 5.41) is 9.21. The average molecular weight is 346 g/mol. The third-order valence-electron chi connectivity index (χ3n) is 3.87. The van der Waals surface area contributed by atoms with Gasteiger partial charge in [0.15, 0.2) is 5.65 Å². The van der Waals surface area contributed by atoms with Gasteiger partial charge >= 0.3 is 5.69 Å². The molecular formula is C16H18N4O3S. The molecule has 0 saturated carbocycles. The molecule has 3 aromatic rings. The minimum Gasteiger partial charge on any atom is -0.391 e. The number of aliphatic hydroxyl groups excluding tert-OH is 1. The summed E-state index contributed by atoms with van der Waals surface area (Å²) < 4.78 is 2.88. The predicted molar refractivity (Wildman–Crippen MR) is 92.9 cm³/mol. The number of fused-ring (bicyclic) bond motifs is 1. The molecule has 0 unspecified atom stereocenters. The molecule has 0 saturated heterocycles. The van der Waals surface area contributed by atoms with Gasteiger partial charge in [-0.05, 0) is 18.2 Å². The van der Waals surface area contributed by atoms with E-state index in [4.69, 9.17) is 0 Å². The molecule has 0 aliphatic rings. The Bertz CT molecular complexity index is 968. The highest BCUT2D eigenvalue weighted by atomic mass is 32.1. The van der Waals surface area contributed by atoms with Gasteiger partial charge in [-0.15, -0.1) is 11.3 Å². The van der Waals surface area contributed by atoms with Gasteiger partial charge in [-0.25, -0.2) is 9.78 Å². The van der Waals surface area contributed by atoms with Gasteiger partial charge < -0.3 is 10.0 Å². The first-order valence-electron chi connectivity index (χ1n) is 7.37. The molecular weight excluding hydrogens is 328 g/mol. The number of nitrogens with zero attached hydrogens (tertiary/aromatic N) is 4. The van der Waals surface area contributed by atoms with Crippen molar-refractivity contribution in [2.75, 3.05) is 14.1 Å². The van der Waals surface area contributed by atoms with E-state index < -0.39 is 0 Å². The Morgan fingerprint density at radius 3 is 2.75 bits per heavy atom. The molecule has 7 nitrogen and oxygen atoms in total. The molecule has 1 amide bonds. The topological polar surface area (TPSA) is 80.4 Å². The summed E-state index contributed by atoms with van der Waals surface area (Å²) in [5.41, 5.74) is 1.74. The fraction of sp³-hybridized carbons (Fsp3) is 0.312. The first-order valence-corrected chi connectivity index (χ1v) is 8.19. The molecule has 0 atom stereocenters. The fourth-order valence-electron chi connectivity index (χ4n) is 2.46. The number of imidazole rings is 1. The van der Waals surface area contributed by atoms with E-state index in [1.165, 1.54) is 25.4 Å². The number of likely N-dealkylation sites (N-methyl/N-ethyl adjacent to an activating group) is 1. The quantitative estimate of drug-likeness (QED) is 0.765. The molecule has 3 heterocycles. The Morgan fingerprint density at radius 2 is 2.12 bits per heavy atom. The van der Waals surface area contributed by atoms with Crippen molar-refractivity contribution in [2.24, 2.45) is 7.05 Å². The second kappa shape index (κ2) is 6.21. The lowest BCUT2D eigenvalue weighted by Gasteiger charge is -2.10. The van der Waals surface area contributed by atoms with E-state index in [9.17, 15) is 14.7 Å². The van der Waals surface area contributed by atoms with Crippen LogP contribution >= 0.6 is 11.3 Å². The van der Waals surface area contributed by atoms with Gasteiger partial charge in [0.05, 0.1) is 12.1 Å². The first-order chi connectivity index (χ1) is 11.4. The molecule has 8 heteroatoms. The monoisotopic (exact) mass is 346 g/mol. The summed E-state index contributed by atoms with van der Waals surface area (Å²) in [6, 6.07) is 5.63. The molecule has 3 rings (SSSR count). The van der Waals surface area contributed by atoms with Crippen molar-refractivity contribution in [3.05, 3.63) is 39.8 Å². The smallest absolute Gasteiger partial charge is 0.330 e. The summed E-state index contributed by atoms with van der Waals surface area (Å²) in [5.74, 6) is -0.159. The number of aromatic nitrogens is 3. The van der Waals surface area contributed by atoms with E-state index in [1.54, 1.807) is 27.3 Å². The van der Waals surface area contributed by atoms with Crippen molar-refractivity contribution in [2.45, 2.75) is 13.2 Å². The SMILES string of the molecule is CN(C)C(=O)Cn1c(=O)n(C)c2ncc(-c3ccc(CO)s3)cc21. The highest BCUT2D eigenvalue weighted by Gasteiger charge is 2.16. The van der Waals surface area contributed by atoms with Gasteiger partial charge in [0.2, 0.25) is 5.91 Å². The molecule has 0 aromatic carbocycles.